The van der Waals surface area contributed by atoms with Gasteiger partial charge in [0.15, 0.2) is 5.65 Å². The van der Waals surface area contributed by atoms with E-state index >= 15 is 0 Å². The third kappa shape index (κ3) is 1.66. The molecule has 0 aliphatic heterocycles. The summed E-state index contributed by atoms with van der Waals surface area (Å²) >= 11 is 5.72. The van der Waals surface area contributed by atoms with Crippen molar-refractivity contribution in [3.8, 4) is 0 Å². The van der Waals surface area contributed by atoms with Crippen LogP contribution in [0.5, 0.6) is 0 Å². The van der Waals surface area contributed by atoms with Gasteiger partial charge in [-0.15, -0.1) is 0 Å². The molecule has 0 saturated heterocycles. The lowest BCUT2D eigenvalue weighted by molar-refractivity contribution is -0.138. The first-order valence-corrected chi connectivity index (χ1v) is 4.70. The number of halogens is 1. The average Bonchev–Trinajstić information content (AvgIpc) is 2.59. The van der Waals surface area contributed by atoms with E-state index in [1.54, 1.807) is 19.1 Å². The number of hydrogen-bond acceptors (Lipinski definition) is 3. The number of rotatable bonds is 2. The molecule has 1 unspecified atom stereocenters. The summed E-state index contributed by atoms with van der Waals surface area (Å²) in [6.45, 7) is 1.58. The third-order valence-electron chi connectivity index (χ3n) is 2.17. The van der Waals surface area contributed by atoms with Crippen molar-refractivity contribution in [1.29, 1.82) is 0 Å². The van der Waals surface area contributed by atoms with E-state index in [1.807, 2.05) is 0 Å². The van der Waals surface area contributed by atoms with Gasteiger partial charge in [0.1, 0.15) is 5.15 Å². The highest BCUT2D eigenvalue weighted by Crippen LogP contribution is 2.17. The van der Waals surface area contributed by atoms with Crippen LogP contribution in [-0.2, 0) is 4.79 Å². The Morgan fingerprint density at radius 3 is 3.00 bits per heavy atom. The Labute approximate surface area is 90.3 Å². The van der Waals surface area contributed by atoms with Crippen LogP contribution >= 0.6 is 11.6 Å². The number of fused-ring (bicyclic) bond motifs is 1. The predicted octanol–water partition coefficient (Wildman–Crippen LogP) is 1.57. The minimum atomic E-state index is -0.918. The molecule has 0 aromatic carbocycles. The van der Waals surface area contributed by atoms with Crippen LogP contribution in [0.4, 0.5) is 0 Å². The third-order valence-corrected chi connectivity index (χ3v) is 2.37. The van der Waals surface area contributed by atoms with Crippen LogP contribution in [0, 0.1) is 0 Å². The number of hydrogen-bond donors (Lipinski definition) is 1. The summed E-state index contributed by atoms with van der Waals surface area (Å²) < 4.78 is 1.45. The quantitative estimate of drug-likeness (QED) is 0.843. The minimum absolute atomic E-state index is 0.305. The highest BCUT2D eigenvalue weighted by Gasteiger charge is 2.18. The molecular formula is C9H8ClN3O2. The molecule has 2 heterocycles. The summed E-state index contributed by atoms with van der Waals surface area (Å²) in [6.07, 6.45) is 1.50. The molecule has 0 radical (unpaired) electrons. The van der Waals surface area contributed by atoms with Gasteiger partial charge in [0.25, 0.3) is 0 Å². The number of carboxylic acids is 1. The molecular weight excluding hydrogens is 218 g/mol. The highest BCUT2D eigenvalue weighted by molar-refractivity contribution is 6.29. The maximum absolute atomic E-state index is 10.8. The first-order valence-electron chi connectivity index (χ1n) is 4.32. The van der Waals surface area contributed by atoms with Gasteiger partial charge < -0.3 is 5.11 Å². The summed E-state index contributed by atoms with van der Waals surface area (Å²) in [5, 5.41) is 13.2. The van der Waals surface area contributed by atoms with E-state index in [0.29, 0.717) is 16.5 Å². The van der Waals surface area contributed by atoms with Crippen molar-refractivity contribution >= 4 is 23.2 Å². The van der Waals surface area contributed by atoms with E-state index in [9.17, 15) is 4.79 Å². The molecule has 2 rings (SSSR count). The van der Waals surface area contributed by atoms with Crippen molar-refractivity contribution < 1.29 is 9.90 Å². The lowest BCUT2D eigenvalue weighted by atomic mass is 10.1. The fourth-order valence-corrected chi connectivity index (χ4v) is 1.43. The summed E-state index contributed by atoms with van der Waals surface area (Å²) in [6, 6.07) is 3.30. The Kier molecular flexibility index (Phi) is 2.32. The Morgan fingerprint density at radius 2 is 2.33 bits per heavy atom. The molecule has 6 heteroatoms. The molecule has 15 heavy (non-hydrogen) atoms. The van der Waals surface area contributed by atoms with Crippen molar-refractivity contribution in [2.24, 2.45) is 0 Å². The van der Waals surface area contributed by atoms with Crippen molar-refractivity contribution in [2.45, 2.75) is 12.8 Å². The summed E-state index contributed by atoms with van der Waals surface area (Å²) in [7, 11) is 0. The van der Waals surface area contributed by atoms with Crippen LogP contribution in [0.3, 0.4) is 0 Å². The zero-order chi connectivity index (χ0) is 11.0. The number of carboxylic acid groups (broad SMARTS) is 1. The van der Waals surface area contributed by atoms with Gasteiger partial charge in [-0.05, 0) is 19.1 Å². The Bertz CT molecular complexity index is 523. The molecule has 5 nitrogen and oxygen atoms in total. The number of aromatic nitrogens is 3. The predicted molar refractivity (Wildman–Crippen MR) is 54.0 cm³/mol. The standard InChI is InChI=1S/C9H8ClN3O2/c1-5(9(14)15)6-4-11-8-3-2-7(10)12-13(6)8/h2-5H,1H3,(H,14,15). The molecule has 0 aliphatic carbocycles. The lowest BCUT2D eigenvalue weighted by Gasteiger charge is -2.04. The van der Waals surface area contributed by atoms with E-state index in [1.165, 1.54) is 10.7 Å². The van der Waals surface area contributed by atoms with Gasteiger partial charge in [-0.3, -0.25) is 4.79 Å². The minimum Gasteiger partial charge on any atom is -0.481 e. The fraction of sp³-hybridized carbons (Fsp3) is 0.222. The maximum atomic E-state index is 10.8. The van der Waals surface area contributed by atoms with Crippen LogP contribution in [0.1, 0.15) is 18.5 Å². The topological polar surface area (TPSA) is 67.5 Å². The monoisotopic (exact) mass is 225 g/mol. The van der Waals surface area contributed by atoms with E-state index in [-0.39, 0.29) is 0 Å². The van der Waals surface area contributed by atoms with Crippen LogP contribution in [-0.4, -0.2) is 25.7 Å². The lowest BCUT2D eigenvalue weighted by Crippen LogP contribution is -2.11. The first-order chi connectivity index (χ1) is 7.09. The van der Waals surface area contributed by atoms with E-state index in [2.05, 4.69) is 10.1 Å². The summed E-state index contributed by atoms with van der Waals surface area (Å²) in [5.74, 6) is -1.58. The van der Waals surface area contributed by atoms with Gasteiger partial charge in [-0.25, -0.2) is 9.50 Å². The second-order valence-corrected chi connectivity index (χ2v) is 3.56. The van der Waals surface area contributed by atoms with Gasteiger partial charge in [0, 0.05) is 0 Å². The molecule has 0 saturated carbocycles. The van der Waals surface area contributed by atoms with Crippen LogP contribution < -0.4 is 0 Å². The van der Waals surface area contributed by atoms with Crippen molar-refractivity contribution in [1.82, 2.24) is 14.6 Å². The molecule has 2 aromatic heterocycles. The van der Waals surface area contributed by atoms with Crippen molar-refractivity contribution in [3.63, 3.8) is 0 Å². The highest BCUT2D eigenvalue weighted by atomic mass is 35.5. The molecule has 0 bridgehead atoms. The van der Waals surface area contributed by atoms with E-state index < -0.39 is 11.9 Å². The summed E-state index contributed by atoms with van der Waals surface area (Å²) in [5.41, 5.74) is 1.10. The second-order valence-electron chi connectivity index (χ2n) is 3.17. The van der Waals surface area contributed by atoms with E-state index in [0.717, 1.165) is 0 Å². The Balaban J connectivity index is 2.61. The van der Waals surface area contributed by atoms with Gasteiger partial charge in [-0.2, -0.15) is 5.10 Å². The van der Waals surface area contributed by atoms with Gasteiger partial charge in [0.2, 0.25) is 0 Å². The molecule has 78 valence electrons. The van der Waals surface area contributed by atoms with Crippen molar-refractivity contribution in [2.75, 3.05) is 0 Å². The van der Waals surface area contributed by atoms with Gasteiger partial charge >= 0.3 is 5.97 Å². The van der Waals surface area contributed by atoms with Crippen molar-refractivity contribution in [3.05, 3.63) is 29.2 Å². The normalized spacial score (nSPS) is 12.9. The number of imidazole rings is 1. The fourth-order valence-electron chi connectivity index (χ4n) is 1.29. The molecule has 0 fully saturated rings. The van der Waals surface area contributed by atoms with Crippen LogP contribution in [0.15, 0.2) is 18.3 Å². The largest absolute Gasteiger partial charge is 0.481 e. The molecule has 0 aliphatic rings. The molecule has 0 amide bonds. The zero-order valence-electron chi connectivity index (χ0n) is 7.88. The zero-order valence-corrected chi connectivity index (χ0v) is 8.64. The van der Waals surface area contributed by atoms with Gasteiger partial charge in [0.05, 0.1) is 17.8 Å². The molecule has 1 atom stereocenters. The Hall–Kier alpha value is -1.62. The number of nitrogens with zero attached hydrogens (tertiary/aromatic N) is 3. The summed E-state index contributed by atoms with van der Waals surface area (Å²) in [4.78, 5) is 14.9. The SMILES string of the molecule is CC(C(=O)O)c1cnc2ccc(Cl)nn12. The molecule has 1 N–H and O–H groups in total. The van der Waals surface area contributed by atoms with Crippen LogP contribution in [0.2, 0.25) is 5.15 Å². The average molecular weight is 226 g/mol. The second kappa shape index (κ2) is 3.51. The molecule has 0 spiro atoms. The van der Waals surface area contributed by atoms with Crippen LogP contribution in [0.25, 0.3) is 5.65 Å². The number of carbonyl (C=O) groups is 1. The molecule has 2 aromatic rings. The maximum Gasteiger partial charge on any atom is 0.312 e. The smallest absolute Gasteiger partial charge is 0.312 e. The number of aliphatic carboxylic acids is 1. The van der Waals surface area contributed by atoms with Gasteiger partial charge in [-0.1, -0.05) is 11.6 Å². The Morgan fingerprint density at radius 1 is 1.60 bits per heavy atom. The van der Waals surface area contributed by atoms with E-state index in [4.69, 9.17) is 16.7 Å². The first kappa shape index (κ1) is 9.92.